The Morgan fingerprint density at radius 3 is 2.60 bits per heavy atom. The van der Waals surface area contributed by atoms with Crippen LogP contribution in [0.15, 0.2) is 0 Å². The van der Waals surface area contributed by atoms with Gasteiger partial charge in [-0.15, -0.1) is 5.10 Å². The van der Waals surface area contributed by atoms with Gasteiger partial charge in [-0.1, -0.05) is 6.92 Å². The molecule has 0 unspecified atom stereocenters. The number of hydrogen-bond donors (Lipinski definition) is 1. The zero-order chi connectivity index (χ0) is 10.8. The lowest BCUT2D eigenvalue weighted by molar-refractivity contribution is 0.179. The summed E-state index contributed by atoms with van der Waals surface area (Å²) in [5.74, 6) is 2.20. The van der Waals surface area contributed by atoms with Crippen LogP contribution in [0, 0.1) is 5.92 Å². The second kappa shape index (κ2) is 4.18. The highest BCUT2D eigenvalue weighted by molar-refractivity contribution is 5.13. The Labute approximate surface area is 90.3 Å². The van der Waals surface area contributed by atoms with Gasteiger partial charge in [0.25, 0.3) is 0 Å². The zero-order valence-corrected chi connectivity index (χ0v) is 9.48. The van der Waals surface area contributed by atoms with E-state index in [9.17, 15) is 0 Å². The Balaban J connectivity index is 1.94. The van der Waals surface area contributed by atoms with Gasteiger partial charge < -0.3 is 5.73 Å². The van der Waals surface area contributed by atoms with Crippen molar-refractivity contribution in [2.24, 2.45) is 13.0 Å². The Bertz CT molecular complexity index is 325. The van der Waals surface area contributed by atoms with E-state index in [4.69, 9.17) is 5.73 Å². The predicted molar refractivity (Wildman–Crippen MR) is 59.1 cm³/mol. The number of piperidine rings is 1. The molecule has 5 heteroatoms. The first kappa shape index (κ1) is 10.4. The van der Waals surface area contributed by atoms with E-state index in [1.807, 2.05) is 7.05 Å². The standard InChI is InChI=1S/C10H19N5/c1-8-3-5-15(6-4-8)7-9-12-10(11)13-14(9)2/h8H,3-7H2,1-2H3,(H2,11,13). The summed E-state index contributed by atoms with van der Waals surface area (Å²) in [5.41, 5.74) is 5.55. The van der Waals surface area contributed by atoms with Gasteiger partial charge in [0.2, 0.25) is 5.95 Å². The van der Waals surface area contributed by atoms with E-state index in [2.05, 4.69) is 21.9 Å². The lowest BCUT2D eigenvalue weighted by Gasteiger charge is -2.29. The third kappa shape index (κ3) is 2.47. The van der Waals surface area contributed by atoms with Crippen LogP contribution < -0.4 is 5.73 Å². The fraction of sp³-hybridized carbons (Fsp3) is 0.800. The summed E-state index contributed by atoms with van der Waals surface area (Å²) >= 11 is 0. The summed E-state index contributed by atoms with van der Waals surface area (Å²) in [5, 5.41) is 4.05. The van der Waals surface area contributed by atoms with Gasteiger partial charge in [0.15, 0.2) is 0 Å². The zero-order valence-electron chi connectivity index (χ0n) is 9.48. The maximum Gasteiger partial charge on any atom is 0.239 e. The quantitative estimate of drug-likeness (QED) is 0.776. The first-order chi connectivity index (χ1) is 7.15. The van der Waals surface area contributed by atoms with Crippen molar-refractivity contribution >= 4 is 5.95 Å². The molecule has 2 heterocycles. The van der Waals surface area contributed by atoms with Crippen molar-refractivity contribution in [3.8, 4) is 0 Å². The summed E-state index contributed by atoms with van der Waals surface area (Å²) in [7, 11) is 1.89. The van der Waals surface area contributed by atoms with Crippen LogP contribution in [0.1, 0.15) is 25.6 Å². The van der Waals surface area contributed by atoms with Crippen molar-refractivity contribution in [1.29, 1.82) is 0 Å². The van der Waals surface area contributed by atoms with Gasteiger partial charge in [-0.05, 0) is 31.8 Å². The second-order valence-corrected chi connectivity index (χ2v) is 4.47. The number of likely N-dealkylation sites (tertiary alicyclic amines) is 1. The van der Waals surface area contributed by atoms with Crippen LogP contribution in [-0.2, 0) is 13.6 Å². The Morgan fingerprint density at radius 2 is 2.07 bits per heavy atom. The van der Waals surface area contributed by atoms with E-state index in [0.29, 0.717) is 5.95 Å². The number of aromatic nitrogens is 3. The normalized spacial score (nSPS) is 19.6. The Hall–Kier alpha value is -1.10. The van der Waals surface area contributed by atoms with Gasteiger partial charge >= 0.3 is 0 Å². The van der Waals surface area contributed by atoms with Gasteiger partial charge in [-0.3, -0.25) is 4.90 Å². The van der Waals surface area contributed by atoms with Crippen molar-refractivity contribution in [2.45, 2.75) is 26.3 Å². The molecule has 2 rings (SSSR count). The number of hydrogen-bond acceptors (Lipinski definition) is 4. The first-order valence-electron chi connectivity index (χ1n) is 5.53. The van der Waals surface area contributed by atoms with Crippen LogP contribution in [0.3, 0.4) is 0 Å². The molecule has 0 aliphatic carbocycles. The molecule has 0 amide bonds. The maximum atomic E-state index is 5.55. The van der Waals surface area contributed by atoms with Crippen LogP contribution in [-0.4, -0.2) is 32.8 Å². The molecule has 0 atom stereocenters. The van der Waals surface area contributed by atoms with Gasteiger partial charge in [-0.25, -0.2) is 4.68 Å². The molecule has 5 nitrogen and oxygen atoms in total. The van der Waals surface area contributed by atoms with Crippen molar-refractivity contribution in [2.75, 3.05) is 18.8 Å². The van der Waals surface area contributed by atoms with Crippen LogP contribution >= 0.6 is 0 Å². The fourth-order valence-electron chi connectivity index (χ4n) is 2.00. The Kier molecular flexibility index (Phi) is 2.90. The summed E-state index contributed by atoms with van der Waals surface area (Å²) in [6.45, 7) is 5.51. The minimum absolute atomic E-state index is 0.373. The molecule has 2 N–H and O–H groups in total. The highest BCUT2D eigenvalue weighted by Crippen LogP contribution is 2.17. The predicted octanol–water partition coefficient (Wildman–Crippen LogP) is 0.629. The summed E-state index contributed by atoms with van der Waals surface area (Å²) in [4.78, 5) is 6.63. The van der Waals surface area contributed by atoms with E-state index in [1.165, 1.54) is 12.8 Å². The molecule has 0 aromatic carbocycles. The van der Waals surface area contributed by atoms with E-state index < -0.39 is 0 Å². The molecule has 0 radical (unpaired) electrons. The SMILES string of the molecule is CC1CCN(Cc2nc(N)nn2C)CC1. The van der Waals surface area contributed by atoms with Gasteiger partial charge in [0.1, 0.15) is 5.82 Å². The second-order valence-electron chi connectivity index (χ2n) is 4.47. The number of aryl methyl sites for hydroxylation is 1. The third-order valence-electron chi connectivity index (χ3n) is 3.11. The van der Waals surface area contributed by atoms with Crippen molar-refractivity contribution < 1.29 is 0 Å². The number of rotatable bonds is 2. The van der Waals surface area contributed by atoms with Crippen molar-refractivity contribution in [3.05, 3.63) is 5.82 Å². The van der Waals surface area contributed by atoms with Crippen molar-refractivity contribution in [1.82, 2.24) is 19.7 Å². The Morgan fingerprint density at radius 1 is 1.40 bits per heavy atom. The molecule has 1 aliphatic heterocycles. The minimum atomic E-state index is 0.373. The van der Waals surface area contributed by atoms with Crippen molar-refractivity contribution in [3.63, 3.8) is 0 Å². The third-order valence-corrected chi connectivity index (χ3v) is 3.11. The molecule has 1 aromatic heterocycles. The average Bonchev–Trinajstić information content (AvgIpc) is 2.49. The molecule has 0 bridgehead atoms. The first-order valence-corrected chi connectivity index (χ1v) is 5.53. The van der Waals surface area contributed by atoms with E-state index >= 15 is 0 Å². The van der Waals surface area contributed by atoms with E-state index in [1.54, 1.807) is 4.68 Å². The smallest absolute Gasteiger partial charge is 0.239 e. The number of nitrogen functional groups attached to an aromatic ring is 1. The van der Waals surface area contributed by atoms with Crippen LogP contribution in [0.4, 0.5) is 5.95 Å². The van der Waals surface area contributed by atoms with Gasteiger partial charge in [0.05, 0.1) is 6.54 Å². The molecule has 84 valence electrons. The lowest BCUT2D eigenvalue weighted by atomic mass is 9.99. The average molecular weight is 209 g/mol. The summed E-state index contributed by atoms with van der Waals surface area (Å²) in [6, 6.07) is 0. The van der Waals surface area contributed by atoms with E-state index in [-0.39, 0.29) is 0 Å². The summed E-state index contributed by atoms with van der Waals surface area (Å²) < 4.78 is 1.77. The highest BCUT2D eigenvalue weighted by atomic mass is 15.4. The van der Waals surface area contributed by atoms with Crippen LogP contribution in [0.5, 0.6) is 0 Å². The monoisotopic (exact) mass is 209 g/mol. The van der Waals surface area contributed by atoms with Crippen LogP contribution in [0.2, 0.25) is 0 Å². The fourth-order valence-corrected chi connectivity index (χ4v) is 2.00. The molecule has 15 heavy (non-hydrogen) atoms. The van der Waals surface area contributed by atoms with Gasteiger partial charge in [0, 0.05) is 7.05 Å². The van der Waals surface area contributed by atoms with Gasteiger partial charge in [-0.2, -0.15) is 4.98 Å². The van der Waals surface area contributed by atoms with E-state index in [0.717, 1.165) is 31.4 Å². The minimum Gasteiger partial charge on any atom is -0.366 e. The molecule has 1 aliphatic rings. The molecule has 1 saturated heterocycles. The molecule has 1 fully saturated rings. The number of nitrogens with two attached hydrogens (primary N) is 1. The number of anilines is 1. The lowest BCUT2D eigenvalue weighted by Crippen LogP contribution is -2.33. The largest absolute Gasteiger partial charge is 0.366 e. The molecular weight excluding hydrogens is 190 g/mol. The number of nitrogens with zero attached hydrogens (tertiary/aromatic N) is 4. The molecule has 1 aromatic rings. The highest BCUT2D eigenvalue weighted by Gasteiger charge is 2.17. The van der Waals surface area contributed by atoms with Crippen LogP contribution in [0.25, 0.3) is 0 Å². The molecule has 0 spiro atoms. The molecular formula is C10H19N5. The topological polar surface area (TPSA) is 60.0 Å². The molecule has 0 saturated carbocycles. The maximum absolute atomic E-state index is 5.55. The summed E-state index contributed by atoms with van der Waals surface area (Å²) in [6.07, 6.45) is 2.57.